The van der Waals surface area contributed by atoms with Crippen LogP contribution in [0.1, 0.15) is 25.7 Å². The van der Waals surface area contributed by atoms with Crippen LogP contribution in [0.15, 0.2) is 24.3 Å². The van der Waals surface area contributed by atoms with E-state index in [1.807, 2.05) is 24.3 Å². The highest BCUT2D eigenvalue weighted by molar-refractivity contribution is 8.21. The molecule has 4 rings (SSSR count). The van der Waals surface area contributed by atoms with Crippen molar-refractivity contribution >= 4 is 23.5 Å². The lowest BCUT2D eigenvalue weighted by Crippen LogP contribution is -2.40. The van der Waals surface area contributed by atoms with Crippen molar-refractivity contribution in [3.05, 3.63) is 24.3 Å². The fourth-order valence-electron chi connectivity index (χ4n) is 4.12. The molecule has 2 saturated heterocycles. The number of hydrogen-bond acceptors (Lipinski definition) is 5. The van der Waals surface area contributed by atoms with E-state index >= 15 is 0 Å². The lowest BCUT2D eigenvalue weighted by molar-refractivity contribution is 0.212. The van der Waals surface area contributed by atoms with E-state index in [1.54, 1.807) is 14.2 Å². The van der Waals surface area contributed by atoms with Crippen LogP contribution in [0, 0.1) is 5.92 Å². The van der Waals surface area contributed by atoms with E-state index in [9.17, 15) is 0 Å². The Morgan fingerprint density at radius 3 is 2.25 bits per heavy atom. The van der Waals surface area contributed by atoms with Crippen LogP contribution in [0.2, 0.25) is 0 Å². The summed E-state index contributed by atoms with van der Waals surface area (Å²) in [6.07, 6.45) is 5.91. The molecular weight excluding hydrogens is 338 g/mol. The first-order valence-electron chi connectivity index (χ1n) is 8.82. The number of rotatable bonds is 2. The molecule has 3 aliphatic rings. The monoisotopic (exact) mass is 367 g/mol. The molecule has 1 aromatic rings. The first kappa shape index (κ1) is 18.3. The van der Waals surface area contributed by atoms with Gasteiger partial charge in [-0.3, -0.25) is 0 Å². The van der Waals surface area contributed by atoms with Gasteiger partial charge >= 0.3 is 0 Å². The molecule has 1 saturated carbocycles. The minimum atomic E-state index is 0.639. The molecular formula is C19H29NO2S2. The number of likely N-dealkylation sites (tertiary alicyclic amines) is 1. The predicted molar refractivity (Wildman–Crippen MR) is 106 cm³/mol. The van der Waals surface area contributed by atoms with Crippen LogP contribution in [0.4, 0.5) is 0 Å². The second kappa shape index (κ2) is 8.24. The van der Waals surface area contributed by atoms with Crippen molar-refractivity contribution in [1.82, 2.24) is 4.90 Å². The number of nitrogens with zero attached hydrogens (tertiary/aromatic N) is 1. The maximum atomic E-state index is 5.01. The van der Waals surface area contributed by atoms with E-state index < -0.39 is 0 Å². The Bertz CT molecular complexity index is 511. The molecule has 0 amide bonds. The Kier molecular flexibility index (Phi) is 6.27. The Labute approximate surface area is 154 Å². The van der Waals surface area contributed by atoms with E-state index in [1.165, 1.54) is 43.7 Å². The highest BCUT2D eigenvalue weighted by Gasteiger charge is 2.46. The molecule has 0 bridgehead atoms. The van der Waals surface area contributed by atoms with E-state index in [0.717, 1.165) is 23.5 Å². The van der Waals surface area contributed by atoms with Gasteiger partial charge in [-0.25, -0.2) is 0 Å². The molecule has 2 heterocycles. The maximum absolute atomic E-state index is 5.01. The summed E-state index contributed by atoms with van der Waals surface area (Å²) < 4.78 is 10.7. The first-order chi connectivity index (χ1) is 11.7. The fraction of sp³-hybridized carbons (Fsp3) is 0.684. The molecule has 0 radical (unpaired) electrons. The van der Waals surface area contributed by atoms with Crippen LogP contribution in [0.3, 0.4) is 0 Å². The van der Waals surface area contributed by atoms with Gasteiger partial charge in [-0.15, -0.1) is 23.5 Å². The summed E-state index contributed by atoms with van der Waals surface area (Å²) in [4.78, 5) is 2.62. The number of thioether (sulfide) groups is 2. The average molecular weight is 368 g/mol. The summed E-state index contributed by atoms with van der Waals surface area (Å²) in [6.45, 7) is 1.35. The molecule has 0 N–H and O–H groups in total. The first-order valence-corrected chi connectivity index (χ1v) is 10.8. The number of benzene rings is 1. The smallest absolute Gasteiger partial charge is 0.160 e. The van der Waals surface area contributed by atoms with Gasteiger partial charge in [0.2, 0.25) is 0 Å². The van der Waals surface area contributed by atoms with Gasteiger partial charge in [0, 0.05) is 17.5 Å². The summed E-state index contributed by atoms with van der Waals surface area (Å²) in [7, 11) is 5.57. The van der Waals surface area contributed by atoms with Crippen molar-refractivity contribution in [2.24, 2.45) is 5.92 Å². The highest BCUT2D eigenvalue weighted by atomic mass is 32.2. The summed E-state index contributed by atoms with van der Waals surface area (Å²) >= 11 is 4.51. The minimum Gasteiger partial charge on any atom is -0.493 e. The molecule has 1 aliphatic carbocycles. The molecule has 3 fully saturated rings. The third-order valence-corrected chi connectivity index (χ3v) is 9.06. The zero-order valence-electron chi connectivity index (χ0n) is 15.0. The maximum Gasteiger partial charge on any atom is 0.160 e. The number of hydrogen-bond donors (Lipinski definition) is 0. The fourth-order valence-corrected chi connectivity index (χ4v) is 7.47. The molecule has 5 heteroatoms. The van der Waals surface area contributed by atoms with Crippen molar-refractivity contribution in [2.45, 2.75) is 35.8 Å². The summed E-state index contributed by atoms with van der Waals surface area (Å²) in [5.74, 6) is 5.36. The third kappa shape index (κ3) is 4.00. The van der Waals surface area contributed by atoms with Crippen LogP contribution in [0.5, 0.6) is 11.5 Å². The Hall–Kier alpha value is -0.520. The van der Waals surface area contributed by atoms with E-state index in [-0.39, 0.29) is 0 Å². The second-order valence-electron chi connectivity index (χ2n) is 6.80. The normalized spacial score (nSPS) is 28.1. The van der Waals surface area contributed by atoms with Crippen LogP contribution in [-0.2, 0) is 0 Å². The molecule has 134 valence electrons. The van der Waals surface area contributed by atoms with Crippen molar-refractivity contribution in [2.75, 3.05) is 39.3 Å². The standard InChI is InChI=1S/C11H19NS2.C8H10O2/c1-12-5-3-9-2-4-11(8-10(9)12)13-6-7-14-11;1-9-7-5-3-4-6-8(7)10-2/h9-10H,2-8H2,1H3;3-6H,1-2H3. The molecule has 2 aliphatic heterocycles. The molecule has 24 heavy (non-hydrogen) atoms. The Morgan fingerprint density at radius 1 is 1.04 bits per heavy atom. The predicted octanol–water partition coefficient (Wildman–Crippen LogP) is 4.37. The van der Waals surface area contributed by atoms with E-state index in [4.69, 9.17) is 9.47 Å². The third-order valence-electron chi connectivity index (χ3n) is 5.48. The van der Waals surface area contributed by atoms with Gasteiger partial charge < -0.3 is 14.4 Å². The molecule has 1 aromatic carbocycles. The van der Waals surface area contributed by atoms with Crippen LogP contribution < -0.4 is 9.47 Å². The van der Waals surface area contributed by atoms with Crippen molar-refractivity contribution < 1.29 is 9.47 Å². The van der Waals surface area contributed by atoms with Gasteiger partial charge in [0.05, 0.1) is 18.3 Å². The summed E-state index contributed by atoms with van der Waals surface area (Å²) in [5.41, 5.74) is 0. The number of ether oxygens (including phenoxy) is 2. The van der Waals surface area contributed by atoms with Crippen molar-refractivity contribution in [3.63, 3.8) is 0 Å². The zero-order chi connectivity index (χ0) is 17.0. The van der Waals surface area contributed by atoms with Gasteiger partial charge in [0.25, 0.3) is 0 Å². The van der Waals surface area contributed by atoms with Gasteiger partial charge in [0.15, 0.2) is 11.5 Å². The van der Waals surface area contributed by atoms with Crippen LogP contribution in [0.25, 0.3) is 0 Å². The van der Waals surface area contributed by atoms with E-state index in [2.05, 4.69) is 35.5 Å². The van der Waals surface area contributed by atoms with Crippen molar-refractivity contribution in [3.8, 4) is 11.5 Å². The van der Waals surface area contributed by atoms with Crippen LogP contribution in [-0.4, -0.2) is 54.3 Å². The number of methoxy groups -OCH3 is 2. The Morgan fingerprint density at radius 2 is 1.67 bits per heavy atom. The summed E-state index contributed by atoms with van der Waals surface area (Å²) in [5, 5.41) is 0. The minimum absolute atomic E-state index is 0.639. The molecule has 2 atom stereocenters. The number of fused-ring (bicyclic) bond motifs is 1. The van der Waals surface area contributed by atoms with Crippen molar-refractivity contribution in [1.29, 1.82) is 0 Å². The van der Waals surface area contributed by atoms with Gasteiger partial charge in [0.1, 0.15) is 0 Å². The largest absolute Gasteiger partial charge is 0.493 e. The molecule has 1 spiro atoms. The van der Waals surface area contributed by atoms with Crippen LogP contribution >= 0.6 is 23.5 Å². The van der Waals surface area contributed by atoms with Gasteiger partial charge in [-0.1, -0.05) is 12.1 Å². The molecule has 0 aromatic heterocycles. The molecule has 3 nitrogen and oxygen atoms in total. The summed E-state index contributed by atoms with van der Waals surface area (Å²) in [6, 6.07) is 8.45. The zero-order valence-corrected chi connectivity index (χ0v) is 16.6. The SMILES string of the molecule is CN1CCC2CCC3(CC21)SCCS3.COc1ccccc1OC. The van der Waals surface area contributed by atoms with E-state index in [0.29, 0.717) is 4.08 Å². The molecule has 2 unspecified atom stereocenters. The Balaban J connectivity index is 0.000000150. The lowest BCUT2D eigenvalue weighted by Gasteiger charge is -2.40. The van der Waals surface area contributed by atoms with Gasteiger partial charge in [-0.2, -0.15) is 0 Å². The lowest BCUT2D eigenvalue weighted by atomic mass is 9.84. The van der Waals surface area contributed by atoms with Gasteiger partial charge in [-0.05, 0) is 57.3 Å². The second-order valence-corrected chi connectivity index (χ2v) is 10.0. The number of para-hydroxylation sites is 2. The quantitative estimate of drug-likeness (QED) is 0.772. The average Bonchev–Trinajstić information content (AvgIpc) is 3.23. The highest BCUT2D eigenvalue weighted by Crippen LogP contribution is 2.55. The topological polar surface area (TPSA) is 21.7 Å².